The number of ether oxygens (including phenoxy) is 2. The van der Waals surface area contributed by atoms with Gasteiger partial charge in [-0.05, 0) is 82.8 Å². The van der Waals surface area contributed by atoms with E-state index in [1.165, 1.54) is 31.2 Å². The summed E-state index contributed by atoms with van der Waals surface area (Å²) in [5.74, 6) is -6.46. The van der Waals surface area contributed by atoms with Gasteiger partial charge >= 0.3 is 12.1 Å². The molecule has 2 saturated carbocycles. The highest BCUT2D eigenvalue weighted by molar-refractivity contribution is 7.91. The topological polar surface area (TPSA) is 185 Å². The quantitative estimate of drug-likeness (QED) is 0.128. The van der Waals surface area contributed by atoms with Crippen molar-refractivity contribution in [2.24, 2.45) is 17.8 Å². The van der Waals surface area contributed by atoms with Crippen molar-refractivity contribution in [1.82, 2.24) is 24.8 Å². The van der Waals surface area contributed by atoms with Crippen LogP contribution in [-0.2, 0) is 24.4 Å². The van der Waals surface area contributed by atoms with Gasteiger partial charge in [-0.1, -0.05) is 50.6 Å². The van der Waals surface area contributed by atoms with Crippen LogP contribution in [0.2, 0.25) is 5.02 Å². The molecular weight excluding hydrogens is 838 g/mol. The van der Waals surface area contributed by atoms with Gasteiger partial charge in [0.25, 0.3) is 18.2 Å². The fraction of sp³-hybridized carbons (Fsp3) is 0.625. The van der Waals surface area contributed by atoms with Crippen molar-refractivity contribution in [2.75, 3.05) is 6.61 Å². The number of pyridine rings is 1. The summed E-state index contributed by atoms with van der Waals surface area (Å²) in [5.41, 5.74) is -4.74. The minimum absolute atomic E-state index is 0.0121. The molecule has 14 nitrogen and oxygen atoms in total. The van der Waals surface area contributed by atoms with Crippen LogP contribution in [0.3, 0.4) is 0 Å². The number of amides is 4. The normalized spacial score (nSPS) is 30.6. The second-order valence-corrected chi connectivity index (χ2v) is 19.1. The fourth-order valence-corrected chi connectivity index (χ4v) is 9.98. The Kier molecular flexibility index (Phi) is 12.7. The molecule has 2 aliphatic carbocycles. The lowest BCUT2D eigenvalue weighted by Gasteiger charge is -2.42. The lowest BCUT2D eigenvalue weighted by Crippen LogP contribution is -2.64. The van der Waals surface area contributed by atoms with E-state index in [-0.39, 0.29) is 45.9 Å². The van der Waals surface area contributed by atoms with Crippen LogP contribution in [0.15, 0.2) is 36.4 Å². The first-order valence-electron chi connectivity index (χ1n) is 20.0. The lowest BCUT2D eigenvalue weighted by molar-refractivity contribution is -0.219. The number of aromatic nitrogens is 1. The van der Waals surface area contributed by atoms with E-state index in [0.717, 1.165) is 11.8 Å². The van der Waals surface area contributed by atoms with Gasteiger partial charge in [0.15, 0.2) is 12.2 Å². The van der Waals surface area contributed by atoms with Crippen LogP contribution in [0, 0.1) is 17.8 Å². The van der Waals surface area contributed by atoms with E-state index >= 15 is 13.6 Å². The molecule has 3 N–H and O–H groups in total. The summed E-state index contributed by atoms with van der Waals surface area (Å²) in [4.78, 5) is 61.5. The molecule has 3 fully saturated rings. The van der Waals surface area contributed by atoms with Crippen LogP contribution in [0.1, 0.15) is 86.0 Å². The Morgan fingerprint density at radius 1 is 1.15 bits per heavy atom. The Bertz CT molecular complexity index is 2160. The van der Waals surface area contributed by atoms with Gasteiger partial charge in [-0.2, -0.15) is 13.8 Å². The average molecular weight is 888 g/mol. The molecule has 0 radical (unpaired) electrons. The van der Waals surface area contributed by atoms with Crippen LogP contribution in [0.5, 0.6) is 11.8 Å². The summed E-state index contributed by atoms with van der Waals surface area (Å²) in [6.45, 7) is 6.48. The highest BCUT2D eigenvalue weighted by Gasteiger charge is 2.71. The third-order valence-corrected chi connectivity index (χ3v) is 14.3. The van der Waals surface area contributed by atoms with E-state index in [2.05, 4.69) is 15.0 Å². The number of carboxylic acid groups (broad SMARTS) is 1. The van der Waals surface area contributed by atoms with Gasteiger partial charge in [0.2, 0.25) is 27.7 Å². The molecule has 2 aliphatic heterocycles. The van der Waals surface area contributed by atoms with Crippen molar-refractivity contribution in [3.05, 3.63) is 41.4 Å². The van der Waals surface area contributed by atoms with E-state index in [1.54, 1.807) is 26.0 Å². The maximum absolute atomic E-state index is 17.7. The Morgan fingerprint density at radius 2 is 1.85 bits per heavy atom. The number of fused-ring (bicyclic) bond motifs is 3. The highest BCUT2D eigenvalue weighted by atomic mass is 35.5. The Morgan fingerprint density at radius 3 is 2.48 bits per heavy atom. The van der Waals surface area contributed by atoms with Gasteiger partial charge in [-0.15, -0.1) is 0 Å². The number of carbonyl (C=O) groups excluding carboxylic acids is 3. The highest BCUT2D eigenvalue weighted by Crippen LogP contribution is 2.51. The molecule has 2 aromatic rings. The molecule has 0 bridgehead atoms. The number of hydrogen-bond acceptors (Lipinski definition) is 9. The van der Waals surface area contributed by atoms with Crippen LogP contribution < -0.4 is 19.5 Å². The standard InChI is InChI=1S/C40H50ClF4N5O9S/c1-6-23(4)49(37(54)55)32-22(3)16-21(2)10-7-8-11-24-18-39(24,36(53)48-60(56,57)25-14-15-25)47-33(51)29-19-38(5,40(44,45)50(29)35(32)52)59-34-26-12-9-13-28(41)27(26)17-31(46-34)58-20-30(42)43/h8-9,11-13,17,21-25,29-30,32H,6-7,10,14-16,18-20H2,1-5H3,(H,47,51)(H,48,53)(H,54,55)/b11-8-/t21-,22-,23?,24-,29+,32+,38-,39-/m1/s1. The van der Waals surface area contributed by atoms with Crippen LogP contribution in [0.4, 0.5) is 22.4 Å². The fourth-order valence-electron chi connectivity index (χ4n) is 8.39. The number of nitrogens with zero attached hydrogens (tertiary/aromatic N) is 3. The molecular formula is C40H50ClF4N5O9S. The van der Waals surface area contributed by atoms with Crippen molar-refractivity contribution in [3.63, 3.8) is 0 Å². The zero-order chi connectivity index (χ0) is 44.1. The van der Waals surface area contributed by atoms with Crippen molar-refractivity contribution in [1.29, 1.82) is 0 Å². The third kappa shape index (κ3) is 8.70. The number of sulfonamides is 1. The van der Waals surface area contributed by atoms with Gasteiger partial charge < -0.3 is 19.9 Å². The monoisotopic (exact) mass is 887 g/mol. The first-order chi connectivity index (χ1) is 28.1. The number of rotatable bonds is 11. The third-order valence-electron chi connectivity index (χ3n) is 12.1. The zero-order valence-corrected chi connectivity index (χ0v) is 35.4. The van der Waals surface area contributed by atoms with Crippen molar-refractivity contribution in [3.8, 4) is 11.8 Å². The van der Waals surface area contributed by atoms with Crippen molar-refractivity contribution >= 4 is 56.2 Å². The second kappa shape index (κ2) is 16.8. The molecule has 3 heterocycles. The predicted octanol–water partition coefficient (Wildman–Crippen LogP) is 6.51. The van der Waals surface area contributed by atoms with Gasteiger partial charge in [0.05, 0.1) is 5.25 Å². The van der Waals surface area contributed by atoms with Crippen LogP contribution >= 0.6 is 11.6 Å². The van der Waals surface area contributed by atoms with E-state index in [1.807, 2.05) is 6.92 Å². The van der Waals surface area contributed by atoms with Gasteiger partial charge in [-0.25, -0.2) is 22.0 Å². The number of allylic oxidation sites excluding steroid dienone is 1. The number of carbonyl (C=O) groups is 4. The lowest BCUT2D eigenvalue weighted by atomic mass is 9.86. The first-order valence-corrected chi connectivity index (χ1v) is 22.0. The number of benzene rings is 1. The van der Waals surface area contributed by atoms with Crippen LogP contribution in [0.25, 0.3) is 10.8 Å². The number of nitrogens with one attached hydrogen (secondary N) is 2. The molecule has 330 valence electrons. The summed E-state index contributed by atoms with van der Waals surface area (Å²) in [7, 11) is -4.12. The average Bonchev–Trinajstić information content (AvgIpc) is 4.09. The van der Waals surface area contributed by atoms with E-state index in [0.29, 0.717) is 25.7 Å². The molecule has 0 spiro atoms. The molecule has 60 heavy (non-hydrogen) atoms. The van der Waals surface area contributed by atoms with Gasteiger partial charge in [0, 0.05) is 40.2 Å². The van der Waals surface area contributed by atoms with Crippen molar-refractivity contribution < 1.29 is 59.7 Å². The molecule has 6 rings (SSSR count). The summed E-state index contributed by atoms with van der Waals surface area (Å²) >= 11 is 6.42. The molecule has 1 aromatic heterocycles. The van der Waals surface area contributed by atoms with Crippen LogP contribution in [-0.4, -0.2) is 106 Å². The summed E-state index contributed by atoms with van der Waals surface area (Å²) in [6.07, 6.45) is 0.0479. The largest absolute Gasteiger partial charge is 0.471 e. The molecule has 4 amide bonds. The van der Waals surface area contributed by atoms with Gasteiger partial charge in [-0.3, -0.25) is 28.9 Å². The molecule has 8 atom stereocenters. The SMILES string of the molecule is CCC(C)N(C(=O)O)[C@@H]1C(=O)N2[C@@H](C[C@@](C)(Oc3nc(OCC(F)F)cc4c(Cl)cccc34)C2(F)F)C(=O)N[C@]2(C(=O)NS(=O)(=O)C3CC3)C[C@H]2/C=C\CC[C@@H](C)C[C@H]1C. The number of hydrogen-bond donors (Lipinski definition) is 3. The maximum atomic E-state index is 17.7. The Hall–Kier alpha value is -4.39. The smallest absolute Gasteiger partial charge is 0.408 e. The van der Waals surface area contributed by atoms with E-state index in [9.17, 15) is 36.7 Å². The summed E-state index contributed by atoms with van der Waals surface area (Å²) in [5, 5.41) is 12.5. The number of alkyl halides is 4. The molecule has 1 aromatic carbocycles. The predicted molar refractivity (Wildman–Crippen MR) is 211 cm³/mol. The molecule has 4 aliphatic rings. The Labute approximate surface area is 350 Å². The zero-order valence-electron chi connectivity index (χ0n) is 33.8. The Balaban J connectivity index is 1.49. The van der Waals surface area contributed by atoms with Crippen molar-refractivity contribution in [2.45, 2.75) is 133 Å². The summed E-state index contributed by atoms with van der Waals surface area (Å²) in [6, 6.07) is -3.59. The van der Waals surface area contributed by atoms with E-state index < -0.39 is 117 Å². The van der Waals surface area contributed by atoms with Gasteiger partial charge in [0.1, 0.15) is 17.6 Å². The second-order valence-electron chi connectivity index (χ2n) is 16.8. The minimum Gasteiger partial charge on any atom is -0.471 e. The summed E-state index contributed by atoms with van der Waals surface area (Å²) < 4.78 is 101. The number of halogens is 5. The molecule has 20 heteroatoms. The minimum atomic E-state index is -4.44. The molecule has 1 saturated heterocycles. The first kappa shape index (κ1) is 45.1. The van der Waals surface area contributed by atoms with E-state index in [4.69, 9.17) is 21.1 Å². The molecule has 1 unspecified atom stereocenters. The maximum Gasteiger partial charge on any atom is 0.408 e.